The average Bonchev–Trinajstić information content (AvgIpc) is 3.05. The van der Waals surface area contributed by atoms with Crippen molar-refractivity contribution in [2.45, 2.75) is 37.1 Å². The summed E-state index contributed by atoms with van der Waals surface area (Å²) in [6.07, 6.45) is 3.70. The molecule has 2 aromatic carbocycles. The van der Waals surface area contributed by atoms with Gasteiger partial charge in [0.15, 0.2) is 9.84 Å². The van der Waals surface area contributed by atoms with E-state index in [1.807, 2.05) is 12.1 Å². The van der Waals surface area contributed by atoms with Crippen LogP contribution in [-0.4, -0.2) is 38.2 Å². The van der Waals surface area contributed by atoms with E-state index in [9.17, 15) is 8.42 Å². The van der Waals surface area contributed by atoms with Gasteiger partial charge in [0.05, 0.1) is 10.6 Å². The van der Waals surface area contributed by atoms with Crippen molar-refractivity contribution >= 4 is 9.84 Å². The van der Waals surface area contributed by atoms with Crippen LogP contribution >= 0.6 is 0 Å². The molecule has 0 aromatic heterocycles. The fourth-order valence-electron chi connectivity index (χ4n) is 3.41. The summed E-state index contributed by atoms with van der Waals surface area (Å²) in [6, 6.07) is 16.2. The van der Waals surface area contributed by atoms with Gasteiger partial charge in [-0.3, -0.25) is 0 Å². The lowest BCUT2D eigenvalue weighted by Crippen LogP contribution is -2.28. The highest BCUT2D eigenvalue weighted by molar-refractivity contribution is 7.91. The molecule has 132 valence electrons. The molecule has 3 nitrogen and oxygen atoms in total. The van der Waals surface area contributed by atoms with Crippen LogP contribution in [0, 0.1) is 6.92 Å². The summed E-state index contributed by atoms with van der Waals surface area (Å²) >= 11 is 0. The summed E-state index contributed by atoms with van der Waals surface area (Å²) in [7, 11) is -3.35. The van der Waals surface area contributed by atoms with Crippen LogP contribution in [0.15, 0.2) is 53.4 Å². The Bertz CT molecular complexity index is 795. The Morgan fingerprint density at radius 2 is 1.64 bits per heavy atom. The maximum absolute atomic E-state index is 11.8. The van der Waals surface area contributed by atoms with E-state index in [1.54, 1.807) is 12.1 Å². The van der Waals surface area contributed by atoms with Gasteiger partial charge in [0, 0.05) is 12.6 Å². The van der Waals surface area contributed by atoms with E-state index in [1.165, 1.54) is 24.9 Å². The number of nitrogens with zero attached hydrogens (tertiary/aromatic N) is 1. The highest BCUT2D eigenvalue weighted by Gasteiger charge is 2.19. The molecule has 0 bridgehead atoms. The van der Waals surface area contributed by atoms with E-state index in [-0.39, 0.29) is 10.6 Å². The molecule has 1 aliphatic rings. The highest BCUT2D eigenvalue weighted by Crippen LogP contribution is 2.23. The maximum Gasteiger partial charge on any atom is 0.178 e. The van der Waals surface area contributed by atoms with Crippen LogP contribution in [0.1, 0.15) is 25.3 Å². The van der Waals surface area contributed by atoms with Crippen molar-refractivity contribution in [2.24, 2.45) is 0 Å². The molecule has 1 aliphatic heterocycles. The lowest BCUT2D eigenvalue weighted by atomic mass is 10.0. The zero-order valence-electron chi connectivity index (χ0n) is 14.7. The smallest absolute Gasteiger partial charge is 0.178 e. The second kappa shape index (κ2) is 7.71. The topological polar surface area (TPSA) is 37.4 Å². The molecule has 1 fully saturated rings. The van der Waals surface area contributed by atoms with Crippen molar-refractivity contribution < 1.29 is 8.42 Å². The predicted octanol–water partition coefficient (Wildman–Crippen LogP) is 3.87. The molecule has 3 rings (SSSR count). The van der Waals surface area contributed by atoms with Crippen molar-refractivity contribution in [1.82, 2.24) is 4.90 Å². The minimum atomic E-state index is -3.35. The number of sulfone groups is 1. The first-order valence-electron chi connectivity index (χ1n) is 8.86. The van der Waals surface area contributed by atoms with E-state index in [4.69, 9.17) is 6.92 Å². The Labute approximate surface area is 151 Å². The lowest BCUT2D eigenvalue weighted by Gasteiger charge is -2.20. The Kier molecular flexibility index (Phi) is 5.60. The van der Waals surface area contributed by atoms with Gasteiger partial charge in [0.1, 0.15) is 0 Å². The SMILES string of the molecule is [CH]CS(=O)(=O)c1ccc(-c2ccc(CCN3CCC[C@H]3C)cc2)cc1. The molecule has 0 spiro atoms. The molecule has 25 heavy (non-hydrogen) atoms. The van der Waals surface area contributed by atoms with Crippen molar-refractivity contribution in [3.8, 4) is 11.1 Å². The molecular weight excluding hydrogens is 330 g/mol. The Balaban J connectivity index is 1.66. The molecule has 1 saturated heterocycles. The number of hydrogen-bond donors (Lipinski definition) is 0. The van der Waals surface area contributed by atoms with Crippen LogP contribution in [0.3, 0.4) is 0 Å². The van der Waals surface area contributed by atoms with E-state index in [0.29, 0.717) is 6.04 Å². The first kappa shape index (κ1) is 18.2. The van der Waals surface area contributed by atoms with Crippen molar-refractivity contribution in [3.63, 3.8) is 0 Å². The van der Waals surface area contributed by atoms with Crippen LogP contribution in [0.4, 0.5) is 0 Å². The first-order chi connectivity index (χ1) is 12.0. The molecule has 4 heteroatoms. The summed E-state index contributed by atoms with van der Waals surface area (Å²) in [5.74, 6) is -0.364. The van der Waals surface area contributed by atoms with Crippen LogP contribution in [-0.2, 0) is 16.3 Å². The first-order valence-corrected chi connectivity index (χ1v) is 10.5. The van der Waals surface area contributed by atoms with Gasteiger partial charge >= 0.3 is 0 Å². The second-order valence-corrected chi connectivity index (χ2v) is 8.81. The third-order valence-electron chi connectivity index (χ3n) is 5.10. The third kappa shape index (κ3) is 4.31. The summed E-state index contributed by atoms with van der Waals surface area (Å²) in [5.41, 5.74) is 3.44. The van der Waals surface area contributed by atoms with E-state index in [0.717, 1.165) is 24.1 Å². The van der Waals surface area contributed by atoms with Crippen molar-refractivity contribution in [2.75, 3.05) is 18.8 Å². The van der Waals surface area contributed by atoms with Gasteiger partial charge in [-0.15, -0.1) is 0 Å². The van der Waals surface area contributed by atoms with Crippen LogP contribution in [0.2, 0.25) is 0 Å². The summed E-state index contributed by atoms with van der Waals surface area (Å²) < 4.78 is 23.5. The standard InChI is InChI=1S/C21H25NO2S/c1-3-25(23,24)21-12-10-20(11-13-21)19-8-6-18(7-9-19)14-16-22-15-4-5-17(22)2/h1,6-13,17H,3-5,14-16H2,2H3/t17-/m1/s1. The van der Waals surface area contributed by atoms with Crippen molar-refractivity contribution in [3.05, 3.63) is 61.0 Å². The molecule has 0 saturated carbocycles. The van der Waals surface area contributed by atoms with Crippen molar-refractivity contribution in [1.29, 1.82) is 0 Å². The van der Waals surface area contributed by atoms with Gasteiger partial charge in [0.25, 0.3) is 0 Å². The van der Waals surface area contributed by atoms with Crippen LogP contribution < -0.4 is 0 Å². The second-order valence-electron chi connectivity index (χ2n) is 6.78. The molecule has 0 unspecified atom stereocenters. The maximum atomic E-state index is 11.8. The Morgan fingerprint density at radius 3 is 2.16 bits per heavy atom. The quantitative estimate of drug-likeness (QED) is 0.789. The van der Waals surface area contributed by atoms with E-state index in [2.05, 4.69) is 36.1 Å². The molecule has 0 amide bonds. The predicted molar refractivity (Wildman–Crippen MR) is 102 cm³/mol. The van der Waals surface area contributed by atoms with Gasteiger partial charge in [-0.25, -0.2) is 8.42 Å². The fraction of sp³-hybridized carbons (Fsp3) is 0.381. The minimum absolute atomic E-state index is 0.273. The normalized spacial score (nSPS) is 18.6. The van der Waals surface area contributed by atoms with Gasteiger partial charge in [0.2, 0.25) is 0 Å². The summed E-state index contributed by atoms with van der Waals surface area (Å²) in [6.45, 7) is 9.94. The third-order valence-corrected chi connectivity index (χ3v) is 6.53. The molecule has 0 aliphatic carbocycles. The van der Waals surface area contributed by atoms with Crippen LogP contribution in [0.25, 0.3) is 11.1 Å². The van der Waals surface area contributed by atoms with Gasteiger partial charge in [-0.05, 0) is 68.5 Å². The van der Waals surface area contributed by atoms with Gasteiger partial charge < -0.3 is 4.90 Å². The average molecular weight is 356 g/mol. The van der Waals surface area contributed by atoms with E-state index < -0.39 is 9.84 Å². The Morgan fingerprint density at radius 1 is 1.04 bits per heavy atom. The van der Waals surface area contributed by atoms with Gasteiger partial charge in [-0.2, -0.15) is 0 Å². The van der Waals surface area contributed by atoms with Gasteiger partial charge in [-0.1, -0.05) is 36.4 Å². The number of rotatable bonds is 6. The molecule has 2 aromatic rings. The monoisotopic (exact) mass is 355 g/mol. The number of likely N-dealkylation sites (tertiary alicyclic amines) is 1. The molecule has 1 heterocycles. The van der Waals surface area contributed by atoms with Crippen LogP contribution in [0.5, 0.6) is 0 Å². The Hall–Kier alpha value is -1.65. The molecular formula is C21H25NO2S. The molecule has 0 N–H and O–H groups in total. The zero-order chi connectivity index (χ0) is 17.9. The number of benzene rings is 2. The van der Waals surface area contributed by atoms with E-state index >= 15 is 0 Å². The summed E-state index contributed by atoms with van der Waals surface area (Å²) in [4.78, 5) is 2.83. The largest absolute Gasteiger partial charge is 0.300 e. The minimum Gasteiger partial charge on any atom is -0.300 e. The lowest BCUT2D eigenvalue weighted by molar-refractivity contribution is 0.272. The molecule has 2 radical (unpaired) electrons. The molecule has 1 atom stereocenters. The highest BCUT2D eigenvalue weighted by atomic mass is 32.2. The fourth-order valence-corrected chi connectivity index (χ4v) is 4.16. The number of hydrogen-bond acceptors (Lipinski definition) is 3. The zero-order valence-corrected chi connectivity index (χ0v) is 15.5. The summed E-state index contributed by atoms with van der Waals surface area (Å²) in [5, 5.41) is 0.